The molecule has 1 heterocycles. The molecule has 0 amide bonds. The largest absolute Gasteiger partial charge is 0.253 e. The third-order valence-corrected chi connectivity index (χ3v) is 3.34. The first-order valence-electron chi connectivity index (χ1n) is 5.87. The van der Waals surface area contributed by atoms with Crippen molar-refractivity contribution in [3.63, 3.8) is 0 Å². The summed E-state index contributed by atoms with van der Waals surface area (Å²) in [5.41, 5.74) is 4.57. The predicted molar refractivity (Wildman–Crippen MR) is 73.1 cm³/mol. The third kappa shape index (κ3) is 1.99. The number of aromatic nitrogens is 1. The molecule has 0 bridgehead atoms. The Bertz CT molecular complexity index is 627. The van der Waals surface area contributed by atoms with Gasteiger partial charge in [0.1, 0.15) is 0 Å². The Kier molecular flexibility index (Phi) is 2.71. The second kappa shape index (κ2) is 4.36. The fraction of sp³-hybridized carbons (Fsp3) is 0.286. The molecule has 1 aliphatic carbocycles. The highest BCUT2D eigenvalue weighted by Gasteiger charge is 2.11. The summed E-state index contributed by atoms with van der Waals surface area (Å²) in [6, 6.07) is 8.22. The number of nitrogens with zero attached hydrogens (tertiary/aromatic N) is 2. The van der Waals surface area contributed by atoms with E-state index in [1.165, 1.54) is 24.1 Å². The number of hydrogen-bond donors (Lipinski definition) is 0. The first-order chi connectivity index (χ1) is 8.36. The zero-order valence-corrected chi connectivity index (χ0v) is 10.3. The van der Waals surface area contributed by atoms with E-state index in [-0.39, 0.29) is 0 Å². The number of fused-ring (bicyclic) bond motifs is 2. The van der Waals surface area contributed by atoms with Crippen LogP contribution in [0.4, 0.5) is 5.69 Å². The number of benzene rings is 1. The van der Waals surface area contributed by atoms with E-state index in [2.05, 4.69) is 28.4 Å². The van der Waals surface area contributed by atoms with Crippen molar-refractivity contribution in [3.8, 4) is 0 Å². The summed E-state index contributed by atoms with van der Waals surface area (Å²) in [6.45, 7) is 0. The van der Waals surface area contributed by atoms with Crippen LogP contribution in [0.15, 0.2) is 29.3 Å². The highest BCUT2D eigenvalue weighted by molar-refractivity contribution is 7.78. The van der Waals surface area contributed by atoms with Crippen molar-refractivity contribution in [1.29, 1.82) is 0 Å². The van der Waals surface area contributed by atoms with E-state index in [9.17, 15) is 0 Å². The molecule has 0 aliphatic heterocycles. The van der Waals surface area contributed by atoms with Crippen LogP contribution in [0.1, 0.15) is 24.1 Å². The monoisotopic (exact) mass is 240 g/mol. The lowest BCUT2D eigenvalue weighted by Gasteiger charge is -2.15. The topological polar surface area (TPSA) is 25.2 Å². The maximum Gasteiger partial charge on any atom is 0.0747 e. The first kappa shape index (κ1) is 10.6. The van der Waals surface area contributed by atoms with Crippen LogP contribution in [-0.4, -0.2) is 10.1 Å². The molecule has 0 unspecified atom stereocenters. The van der Waals surface area contributed by atoms with E-state index >= 15 is 0 Å². The SMILES string of the molecule is S=C=Nc1ccc2nc3c(cc2c1)CCCC3. The zero-order valence-electron chi connectivity index (χ0n) is 9.44. The molecule has 2 nitrogen and oxygen atoms in total. The standard InChI is InChI=1S/C14H12N2S/c17-9-15-12-5-6-14-11(8-12)7-10-3-1-2-4-13(10)16-14/h5-8H,1-4H2. The average Bonchev–Trinajstić information content (AvgIpc) is 2.36. The van der Waals surface area contributed by atoms with Crippen LogP contribution in [0.3, 0.4) is 0 Å². The summed E-state index contributed by atoms with van der Waals surface area (Å²) >= 11 is 4.62. The molecule has 1 aromatic carbocycles. The maximum atomic E-state index is 4.73. The van der Waals surface area contributed by atoms with Crippen LogP contribution in [0.25, 0.3) is 10.9 Å². The molecule has 3 rings (SSSR count). The fourth-order valence-electron chi connectivity index (χ4n) is 2.41. The molecular formula is C14H12N2S. The summed E-state index contributed by atoms with van der Waals surface area (Å²) in [7, 11) is 0. The van der Waals surface area contributed by atoms with Gasteiger partial charge in [0.25, 0.3) is 0 Å². The second-order valence-corrected chi connectivity index (χ2v) is 4.56. The molecule has 0 radical (unpaired) electrons. The van der Waals surface area contributed by atoms with Crippen LogP contribution in [0.2, 0.25) is 0 Å². The average molecular weight is 240 g/mol. The van der Waals surface area contributed by atoms with Gasteiger partial charge in [-0.1, -0.05) is 0 Å². The van der Waals surface area contributed by atoms with Gasteiger partial charge in [-0.3, -0.25) is 4.98 Å². The number of pyridine rings is 1. The number of aryl methyl sites for hydroxylation is 2. The van der Waals surface area contributed by atoms with Crippen LogP contribution in [0, 0.1) is 0 Å². The van der Waals surface area contributed by atoms with Gasteiger partial charge < -0.3 is 0 Å². The summed E-state index contributed by atoms with van der Waals surface area (Å²) in [5, 5.41) is 3.55. The van der Waals surface area contributed by atoms with Crippen molar-refractivity contribution in [2.24, 2.45) is 4.99 Å². The van der Waals surface area contributed by atoms with Crippen molar-refractivity contribution in [2.45, 2.75) is 25.7 Å². The van der Waals surface area contributed by atoms with Crippen LogP contribution < -0.4 is 0 Å². The Morgan fingerprint density at radius 3 is 2.94 bits per heavy atom. The Labute approximate surface area is 105 Å². The molecule has 1 aromatic heterocycles. The quantitative estimate of drug-likeness (QED) is 0.559. The van der Waals surface area contributed by atoms with E-state index in [1.54, 1.807) is 0 Å². The van der Waals surface area contributed by atoms with Crippen molar-refractivity contribution in [1.82, 2.24) is 4.98 Å². The normalized spacial score (nSPS) is 14.1. The Balaban J connectivity index is 2.19. The van der Waals surface area contributed by atoms with E-state index in [1.807, 2.05) is 18.2 Å². The Morgan fingerprint density at radius 1 is 1.18 bits per heavy atom. The lowest BCUT2D eigenvalue weighted by Crippen LogP contribution is -2.05. The summed E-state index contributed by atoms with van der Waals surface area (Å²) in [5.74, 6) is 0. The van der Waals surface area contributed by atoms with Gasteiger partial charge in [-0.2, -0.15) is 4.99 Å². The molecule has 0 saturated carbocycles. The highest BCUT2D eigenvalue weighted by atomic mass is 32.1. The van der Waals surface area contributed by atoms with E-state index in [0.717, 1.165) is 29.4 Å². The van der Waals surface area contributed by atoms with Gasteiger partial charge in [-0.05, 0) is 67.7 Å². The molecular weight excluding hydrogens is 228 g/mol. The van der Waals surface area contributed by atoms with Gasteiger partial charge in [0, 0.05) is 11.1 Å². The van der Waals surface area contributed by atoms with E-state index in [4.69, 9.17) is 4.98 Å². The van der Waals surface area contributed by atoms with Crippen molar-refractivity contribution in [3.05, 3.63) is 35.5 Å². The van der Waals surface area contributed by atoms with Crippen molar-refractivity contribution in [2.75, 3.05) is 0 Å². The van der Waals surface area contributed by atoms with Gasteiger partial charge in [0.15, 0.2) is 0 Å². The zero-order chi connectivity index (χ0) is 11.7. The van der Waals surface area contributed by atoms with Gasteiger partial charge in [-0.25, -0.2) is 0 Å². The van der Waals surface area contributed by atoms with Crippen LogP contribution in [0.5, 0.6) is 0 Å². The minimum atomic E-state index is 0.852. The molecule has 3 heteroatoms. The third-order valence-electron chi connectivity index (χ3n) is 3.25. The van der Waals surface area contributed by atoms with Crippen molar-refractivity contribution >= 4 is 34.0 Å². The Hall–Kier alpha value is -1.57. The molecule has 0 saturated heterocycles. The first-order valence-corrected chi connectivity index (χ1v) is 6.28. The second-order valence-electron chi connectivity index (χ2n) is 4.38. The summed E-state index contributed by atoms with van der Waals surface area (Å²) < 4.78 is 0. The lowest BCUT2D eigenvalue weighted by atomic mass is 9.95. The predicted octanol–water partition coefficient (Wildman–Crippen LogP) is 3.85. The molecule has 17 heavy (non-hydrogen) atoms. The molecule has 1 aliphatic rings. The maximum absolute atomic E-state index is 4.73. The fourth-order valence-corrected chi connectivity index (χ4v) is 2.52. The number of hydrogen-bond acceptors (Lipinski definition) is 3. The highest BCUT2D eigenvalue weighted by Crippen LogP contribution is 2.26. The van der Waals surface area contributed by atoms with E-state index in [0.29, 0.717) is 0 Å². The number of aliphatic imine (C=N–C) groups is 1. The minimum absolute atomic E-state index is 0.852. The molecule has 0 spiro atoms. The van der Waals surface area contributed by atoms with Gasteiger partial charge in [0.05, 0.1) is 16.4 Å². The lowest BCUT2D eigenvalue weighted by molar-refractivity contribution is 0.671. The molecule has 0 fully saturated rings. The summed E-state index contributed by atoms with van der Waals surface area (Å²) in [4.78, 5) is 8.73. The van der Waals surface area contributed by atoms with E-state index < -0.39 is 0 Å². The number of isothiocyanates is 1. The molecule has 0 N–H and O–H groups in total. The smallest absolute Gasteiger partial charge is 0.0747 e. The number of thiocarbonyl (C=S) groups is 1. The summed E-state index contributed by atoms with van der Waals surface area (Å²) in [6.07, 6.45) is 4.81. The molecule has 0 atom stereocenters. The van der Waals surface area contributed by atoms with Crippen LogP contribution in [-0.2, 0) is 12.8 Å². The minimum Gasteiger partial charge on any atom is -0.253 e. The van der Waals surface area contributed by atoms with Gasteiger partial charge in [0.2, 0.25) is 0 Å². The van der Waals surface area contributed by atoms with Gasteiger partial charge >= 0.3 is 0 Å². The molecule has 84 valence electrons. The molecule has 2 aromatic rings. The number of rotatable bonds is 1. The van der Waals surface area contributed by atoms with Crippen LogP contribution >= 0.6 is 12.2 Å². The Morgan fingerprint density at radius 2 is 2.06 bits per heavy atom. The van der Waals surface area contributed by atoms with Gasteiger partial charge in [-0.15, -0.1) is 0 Å². The van der Waals surface area contributed by atoms with Crippen molar-refractivity contribution < 1.29 is 0 Å².